The average Bonchev–Trinajstić information content (AvgIpc) is 2.35. The molecular weight excluding hydrogens is 274 g/mol. The lowest BCUT2D eigenvalue weighted by Gasteiger charge is -2.30. The van der Waals surface area contributed by atoms with Gasteiger partial charge in [0, 0.05) is 17.0 Å². The maximum Gasteiger partial charge on any atom is 0.336 e. The second-order valence-corrected chi connectivity index (χ2v) is 6.10. The van der Waals surface area contributed by atoms with E-state index < -0.39 is 5.97 Å². The fourth-order valence-corrected chi connectivity index (χ4v) is 3.07. The van der Waals surface area contributed by atoms with Gasteiger partial charge in [0.05, 0.1) is 11.3 Å². The Morgan fingerprint density at radius 3 is 2.20 bits per heavy atom. The third-order valence-corrected chi connectivity index (χ3v) is 3.93. The van der Waals surface area contributed by atoms with E-state index in [2.05, 4.69) is 0 Å². The van der Waals surface area contributed by atoms with Gasteiger partial charge in [-0.2, -0.15) is 0 Å². The van der Waals surface area contributed by atoms with Gasteiger partial charge in [0.2, 0.25) is 5.91 Å². The van der Waals surface area contributed by atoms with E-state index in [4.69, 9.17) is 5.11 Å². The molecule has 4 nitrogen and oxygen atoms in total. The van der Waals surface area contributed by atoms with Gasteiger partial charge in [0.25, 0.3) is 0 Å². The van der Waals surface area contributed by atoms with Crippen molar-refractivity contribution in [1.29, 1.82) is 0 Å². The van der Waals surface area contributed by atoms with Gasteiger partial charge in [-0.3, -0.25) is 4.79 Å². The summed E-state index contributed by atoms with van der Waals surface area (Å²) in [7, 11) is 0. The van der Waals surface area contributed by atoms with Crippen LogP contribution in [0.15, 0.2) is 29.2 Å². The van der Waals surface area contributed by atoms with E-state index in [1.807, 2.05) is 32.6 Å². The molecule has 0 saturated carbocycles. The number of carbonyl (C=O) groups excluding carboxylic acids is 1. The number of carbonyl (C=O) groups is 2. The van der Waals surface area contributed by atoms with Crippen LogP contribution in [0.25, 0.3) is 0 Å². The highest BCUT2D eigenvalue weighted by atomic mass is 32.2. The third-order valence-electron chi connectivity index (χ3n) is 2.87. The summed E-state index contributed by atoms with van der Waals surface area (Å²) in [4.78, 5) is 25.8. The number of rotatable bonds is 6. The Hall–Kier alpha value is -1.49. The minimum absolute atomic E-state index is 0.0280. The number of hydrogen-bond donors (Lipinski definition) is 1. The third kappa shape index (κ3) is 4.27. The van der Waals surface area contributed by atoms with Crippen LogP contribution >= 0.6 is 11.8 Å². The zero-order valence-corrected chi connectivity index (χ0v) is 13.1. The molecule has 0 bridgehead atoms. The Bertz CT molecular complexity index is 478. The number of benzene rings is 1. The van der Waals surface area contributed by atoms with Gasteiger partial charge >= 0.3 is 5.97 Å². The summed E-state index contributed by atoms with van der Waals surface area (Å²) in [5.74, 6) is -0.689. The molecule has 0 saturated heterocycles. The molecule has 5 heteroatoms. The lowest BCUT2D eigenvalue weighted by atomic mass is 10.2. The van der Waals surface area contributed by atoms with E-state index >= 15 is 0 Å². The molecule has 0 heterocycles. The molecule has 0 aliphatic carbocycles. The SMILES string of the molecule is CC(C)N(C(=O)CSc1ccccc1C(=O)O)C(C)C. The molecule has 1 N–H and O–H groups in total. The predicted molar refractivity (Wildman–Crippen MR) is 81.2 cm³/mol. The van der Waals surface area contributed by atoms with Crippen molar-refractivity contribution in [1.82, 2.24) is 4.90 Å². The maximum atomic E-state index is 12.2. The lowest BCUT2D eigenvalue weighted by Crippen LogP contribution is -2.43. The molecule has 0 aromatic heterocycles. The second-order valence-electron chi connectivity index (χ2n) is 5.08. The zero-order valence-electron chi connectivity index (χ0n) is 12.3. The molecule has 0 fully saturated rings. The summed E-state index contributed by atoms with van der Waals surface area (Å²) in [6, 6.07) is 7.02. The van der Waals surface area contributed by atoms with Crippen LogP contribution in [0.5, 0.6) is 0 Å². The quantitative estimate of drug-likeness (QED) is 0.819. The van der Waals surface area contributed by atoms with Gasteiger partial charge in [0.1, 0.15) is 0 Å². The topological polar surface area (TPSA) is 57.6 Å². The molecule has 0 aliphatic heterocycles. The Morgan fingerprint density at radius 2 is 1.70 bits per heavy atom. The summed E-state index contributed by atoms with van der Waals surface area (Å²) >= 11 is 1.27. The molecule has 1 rings (SSSR count). The molecule has 0 unspecified atom stereocenters. The van der Waals surface area contributed by atoms with Gasteiger partial charge in [0.15, 0.2) is 0 Å². The highest BCUT2D eigenvalue weighted by molar-refractivity contribution is 8.00. The molecule has 20 heavy (non-hydrogen) atoms. The smallest absolute Gasteiger partial charge is 0.336 e. The van der Waals surface area contributed by atoms with Gasteiger partial charge < -0.3 is 10.0 Å². The molecule has 0 atom stereocenters. The molecule has 0 radical (unpaired) electrons. The summed E-state index contributed by atoms with van der Waals surface area (Å²) in [5.41, 5.74) is 0.242. The van der Waals surface area contributed by atoms with Crippen LogP contribution in [-0.4, -0.2) is 39.7 Å². The van der Waals surface area contributed by atoms with Crippen LogP contribution < -0.4 is 0 Å². The Labute approximate surface area is 124 Å². The number of nitrogens with zero attached hydrogens (tertiary/aromatic N) is 1. The summed E-state index contributed by atoms with van der Waals surface area (Å²) in [5, 5.41) is 9.11. The largest absolute Gasteiger partial charge is 0.478 e. The van der Waals surface area contributed by atoms with Crippen molar-refractivity contribution in [2.75, 3.05) is 5.75 Å². The van der Waals surface area contributed by atoms with E-state index in [1.165, 1.54) is 11.8 Å². The van der Waals surface area contributed by atoms with Crippen LogP contribution in [-0.2, 0) is 4.79 Å². The minimum Gasteiger partial charge on any atom is -0.478 e. The molecule has 1 aromatic rings. The molecule has 110 valence electrons. The van der Waals surface area contributed by atoms with Crippen molar-refractivity contribution in [2.24, 2.45) is 0 Å². The highest BCUT2D eigenvalue weighted by Crippen LogP contribution is 2.23. The van der Waals surface area contributed by atoms with E-state index in [-0.39, 0.29) is 29.3 Å². The van der Waals surface area contributed by atoms with Gasteiger partial charge in [-0.15, -0.1) is 11.8 Å². The van der Waals surface area contributed by atoms with Crippen molar-refractivity contribution in [3.05, 3.63) is 29.8 Å². The predicted octanol–water partition coefficient (Wildman–Crippen LogP) is 3.12. The maximum absolute atomic E-state index is 12.2. The molecule has 0 aliphatic rings. The van der Waals surface area contributed by atoms with E-state index in [0.29, 0.717) is 4.90 Å². The first-order valence-electron chi connectivity index (χ1n) is 6.60. The van der Waals surface area contributed by atoms with E-state index in [9.17, 15) is 9.59 Å². The highest BCUT2D eigenvalue weighted by Gasteiger charge is 2.20. The average molecular weight is 295 g/mol. The standard InChI is InChI=1S/C15H21NO3S/c1-10(2)16(11(3)4)14(17)9-20-13-8-6-5-7-12(13)15(18)19/h5-8,10-11H,9H2,1-4H3,(H,18,19). The Balaban J connectivity index is 2.77. The van der Waals surface area contributed by atoms with Crippen LogP contribution in [0.1, 0.15) is 38.1 Å². The van der Waals surface area contributed by atoms with Crippen LogP contribution in [0, 0.1) is 0 Å². The first-order chi connectivity index (χ1) is 9.34. The van der Waals surface area contributed by atoms with Crippen LogP contribution in [0.2, 0.25) is 0 Å². The first kappa shape index (κ1) is 16.6. The van der Waals surface area contributed by atoms with Crippen LogP contribution in [0.3, 0.4) is 0 Å². The van der Waals surface area contributed by atoms with Crippen molar-refractivity contribution in [3.63, 3.8) is 0 Å². The Morgan fingerprint density at radius 1 is 1.15 bits per heavy atom. The van der Waals surface area contributed by atoms with Crippen molar-refractivity contribution in [2.45, 2.75) is 44.7 Å². The van der Waals surface area contributed by atoms with Crippen LogP contribution in [0.4, 0.5) is 0 Å². The molecule has 1 amide bonds. The number of amides is 1. The number of thioether (sulfide) groups is 1. The number of carboxylic acids is 1. The number of hydrogen-bond acceptors (Lipinski definition) is 3. The second kappa shape index (κ2) is 7.33. The van der Waals surface area contributed by atoms with E-state index in [0.717, 1.165) is 0 Å². The van der Waals surface area contributed by atoms with Crippen molar-refractivity contribution >= 4 is 23.6 Å². The molecular formula is C15H21NO3S. The van der Waals surface area contributed by atoms with Crippen molar-refractivity contribution < 1.29 is 14.7 Å². The number of aromatic carboxylic acids is 1. The first-order valence-corrected chi connectivity index (χ1v) is 7.59. The fourth-order valence-electron chi connectivity index (χ4n) is 2.16. The normalized spacial score (nSPS) is 10.9. The summed E-state index contributed by atoms with van der Waals surface area (Å²) in [6.07, 6.45) is 0. The van der Waals surface area contributed by atoms with Gasteiger partial charge in [-0.05, 0) is 39.8 Å². The monoisotopic (exact) mass is 295 g/mol. The van der Waals surface area contributed by atoms with Crippen molar-refractivity contribution in [3.8, 4) is 0 Å². The minimum atomic E-state index is -0.967. The van der Waals surface area contributed by atoms with Gasteiger partial charge in [-0.25, -0.2) is 4.79 Å². The summed E-state index contributed by atoms with van der Waals surface area (Å²) in [6.45, 7) is 7.92. The van der Waals surface area contributed by atoms with Gasteiger partial charge in [-0.1, -0.05) is 12.1 Å². The fraction of sp³-hybridized carbons (Fsp3) is 0.467. The zero-order chi connectivity index (χ0) is 15.3. The summed E-state index contributed by atoms with van der Waals surface area (Å²) < 4.78 is 0. The van der Waals surface area contributed by atoms with E-state index in [1.54, 1.807) is 24.3 Å². The molecule has 0 spiro atoms. The molecule has 1 aromatic carbocycles. The Kier molecular flexibility index (Phi) is 6.07. The number of carboxylic acid groups (broad SMARTS) is 1. The lowest BCUT2D eigenvalue weighted by molar-refractivity contribution is -0.131.